The number of carbonyl (C=O) groups excluding carboxylic acids is 1. The molecule has 1 rings (SSSR count). The molecule has 0 aliphatic carbocycles. The van der Waals surface area contributed by atoms with Gasteiger partial charge in [0.25, 0.3) is 0 Å². The van der Waals surface area contributed by atoms with E-state index in [2.05, 4.69) is 5.32 Å². The molecule has 0 aliphatic rings. The number of carboxylic acid groups (broad SMARTS) is 1. The van der Waals surface area contributed by atoms with Crippen LogP contribution in [0.25, 0.3) is 0 Å². The summed E-state index contributed by atoms with van der Waals surface area (Å²) in [6.07, 6.45) is 0. The van der Waals surface area contributed by atoms with E-state index in [0.717, 1.165) is 5.56 Å². The van der Waals surface area contributed by atoms with Crippen LogP contribution >= 0.6 is 11.6 Å². The van der Waals surface area contributed by atoms with Crippen LogP contribution in [0.5, 0.6) is 0 Å². The van der Waals surface area contributed by atoms with Gasteiger partial charge in [-0.3, -0.25) is 4.79 Å². The highest BCUT2D eigenvalue weighted by Crippen LogP contribution is 2.20. The third-order valence-electron chi connectivity index (χ3n) is 2.42. The van der Waals surface area contributed by atoms with Crippen LogP contribution in [0, 0.1) is 6.92 Å². The molecular weight excluding hydrogens is 256 g/mol. The molecule has 0 saturated heterocycles. The molecule has 0 aromatic heterocycles. The van der Waals surface area contributed by atoms with Crippen LogP contribution in [0.2, 0.25) is 5.02 Å². The Morgan fingerprint density at radius 2 is 2.11 bits per heavy atom. The number of urea groups is 1. The molecule has 5 nitrogen and oxygen atoms in total. The van der Waals surface area contributed by atoms with Crippen LogP contribution in [-0.4, -0.2) is 35.1 Å². The molecule has 0 atom stereocenters. The Kier molecular flexibility index (Phi) is 4.97. The van der Waals surface area contributed by atoms with Crippen molar-refractivity contribution < 1.29 is 14.7 Å². The third kappa shape index (κ3) is 3.92. The number of hydrogen-bond acceptors (Lipinski definition) is 2. The number of carboxylic acids is 1. The maximum Gasteiger partial charge on any atom is 0.323 e. The Balaban J connectivity index is 2.73. The summed E-state index contributed by atoms with van der Waals surface area (Å²) in [6, 6.07) is 4.67. The summed E-state index contributed by atoms with van der Waals surface area (Å²) in [7, 11) is 0. The average Bonchev–Trinajstić information content (AvgIpc) is 2.30. The summed E-state index contributed by atoms with van der Waals surface area (Å²) >= 11 is 5.94. The van der Waals surface area contributed by atoms with Crippen LogP contribution in [-0.2, 0) is 4.79 Å². The van der Waals surface area contributed by atoms with Crippen molar-refractivity contribution >= 4 is 29.3 Å². The van der Waals surface area contributed by atoms with E-state index in [-0.39, 0.29) is 6.54 Å². The van der Waals surface area contributed by atoms with E-state index in [9.17, 15) is 9.59 Å². The number of halogens is 1. The number of hydrogen-bond donors (Lipinski definition) is 2. The predicted molar refractivity (Wildman–Crippen MR) is 70.1 cm³/mol. The van der Waals surface area contributed by atoms with E-state index in [1.54, 1.807) is 25.1 Å². The van der Waals surface area contributed by atoms with E-state index in [4.69, 9.17) is 16.7 Å². The maximum atomic E-state index is 11.8. The van der Waals surface area contributed by atoms with Gasteiger partial charge >= 0.3 is 12.0 Å². The highest BCUT2D eigenvalue weighted by molar-refractivity contribution is 6.31. The van der Waals surface area contributed by atoms with Crippen molar-refractivity contribution in [3.63, 3.8) is 0 Å². The molecule has 0 aliphatic heterocycles. The Morgan fingerprint density at radius 3 is 2.61 bits per heavy atom. The Hall–Kier alpha value is -1.75. The number of carbonyl (C=O) groups is 2. The first-order valence-corrected chi connectivity index (χ1v) is 5.85. The van der Waals surface area contributed by atoms with Gasteiger partial charge in [-0.25, -0.2) is 4.79 Å². The zero-order valence-electron chi connectivity index (χ0n) is 10.2. The lowest BCUT2D eigenvalue weighted by Gasteiger charge is -2.19. The lowest BCUT2D eigenvalue weighted by molar-refractivity contribution is -0.137. The van der Waals surface area contributed by atoms with Crippen LogP contribution in [0.3, 0.4) is 0 Å². The Bertz CT molecular complexity index is 463. The summed E-state index contributed by atoms with van der Waals surface area (Å²) < 4.78 is 0. The van der Waals surface area contributed by atoms with Crippen LogP contribution in [0.1, 0.15) is 12.5 Å². The van der Waals surface area contributed by atoms with Gasteiger partial charge in [0.05, 0.1) is 0 Å². The van der Waals surface area contributed by atoms with Gasteiger partial charge in [-0.1, -0.05) is 17.7 Å². The maximum absolute atomic E-state index is 11.8. The highest BCUT2D eigenvalue weighted by Gasteiger charge is 2.14. The molecule has 0 heterocycles. The zero-order chi connectivity index (χ0) is 13.7. The van der Waals surface area contributed by atoms with Gasteiger partial charge < -0.3 is 15.3 Å². The summed E-state index contributed by atoms with van der Waals surface area (Å²) in [6.45, 7) is 3.56. The molecule has 6 heteroatoms. The number of aliphatic carboxylic acids is 1. The first-order chi connectivity index (χ1) is 8.43. The molecule has 0 fully saturated rings. The van der Waals surface area contributed by atoms with Crippen molar-refractivity contribution in [1.82, 2.24) is 4.90 Å². The van der Waals surface area contributed by atoms with Gasteiger partial charge in [0.2, 0.25) is 0 Å². The quantitative estimate of drug-likeness (QED) is 0.883. The minimum absolute atomic E-state index is 0.317. The fourth-order valence-corrected chi connectivity index (χ4v) is 1.54. The summed E-state index contributed by atoms with van der Waals surface area (Å²) in [5.74, 6) is -1.05. The fourth-order valence-electron chi connectivity index (χ4n) is 1.36. The van der Waals surface area contributed by atoms with Crippen molar-refractivity contribution in [3.8, 4) is 0 Å². The van der Waals surface area contributed by atoms with Crippen LogP contribution in [0.4, 0.5) is 10.5 Å². The normalized spacial score (nSPS) is 9.94. The molecule has 18 heavy (non-hydrogen) atoms. The monoisotopic (exact) mass is 270 g/mol. The summed E-state index contributed by atoms with van der Waals surface area (Å²) in [5.41, 5.74) is 1.45. The Labute approximate surface area is 110 Å². The topological polar surface area (TPSA) is 69.6 Å². The summed E-state index contributed by atoms with van der Waals surface area (Å²) in [5, 5.41) is 11.8. The van der Waals surface area contributed by atoms with Crippen molar-refractivity contribution in [3.05, 3.63) is 28.8 Å². The van der Waals surface area contributed by atoms with E-state index in [1.165, 1.54) is 4.90 Å². The lowest BCUT2D eigenvalue weighted by Crippen LogP contribution is -2.38. The van der Waals surface area contributed by atoms with Crippen molar-refractivity contribution in [2.45, 2.75) is 13.8 Å². The fraction of sp³-hybridized carbons (Fsp3) is 0.333. The second-order valence-electron chi connectivity index (χ2n) is 3.80. The number of nitrogens with one attached hydrogen (secondary N) is 1. The Morgan fingerprint density at radius 1 is 1.44 bits per heavy atom. The van der Waals surface area contributed by atoms with Crippen LogP contribution in [0.15, 0.2) is 18.2 Å². The molecule has 0 unspecified atom stereocenters. The SMILES string of the molecule is CCN(CC(=O)O)C(=O)Nc1ccc(C)c(Cl)c1. The lowest BCUT2D eigenvalue weighted by atomic mass is 10.2. The molecule has 0 radical (unpaired) electrons. The third-order valence-corrected chi connectivity index (χ3v) is 2.83. The minimum Gasteiger partial charge on any atom is -0.480 e. The second kappa shape index (κ2) is 6.26. The molecular formula is C12H15ClN2O3. The second-order valence-corrected chi connectivity index (χ2v) is 4.21. The van der Waals surface area contributed by atoms with Crippen molar-refractivity contribution in [1.29, 1.82) is 0 Å². The minimum atomic E-state index is -1.05. The summed E-state index contributed by atoms with van der Waals surface area (Å²) in [4.78, 5) is 23.6. The number of aryl methyl sites for hydroxylation is 1. The van der Waals surface area contributed by atoms with E-state index in [1.807, 2.05) is 6.92 Å². The number of anilines is 1. The van der Waals surface area contributed by atoms with Crippen molar-refractivity contribution in [2.75, 3.05) is 18.4 Å². The number of nitrogens with zero attached hydrogens (tertiary/aromatic N) is 1. The van der Waals surface area contributed by atoms with Gasteiger partial charge in [0.1, 0.15) is 6.54 Å². The first kappa shape index (κ1) is 14.3. The van der Waals surface area contributed by atoms with Gasteiger partial charge in [0, 0.05) is 17.3 Å². The molecule has 0 bridgehead atoms. The molecule has 2 amide bonds. The van der Waals surface area contributed by atoms with E-state index in [0.29, 0.717) is 17.3 Å². The number of amides is 2. The first-order valence-electron chi connectivity index (χ1n) is 5.48. The molecule has 0 saturated carbocycles. The van der Waals surface area contributed by atoms with Gasteiger partial charge in [-0.05, 0) is 31.5 Å². The average molecular weight is 271 g/mol. The zero-order valence-corrected chi connectivity index (χ0v) is 11.0. The van der Waals surface area contributed by atoms with E-state index < -0.39 is 12.0 Å². The number of likely N-dealkylation sites (N-methyl/N-ethyl adjacent to an activating group) is 1. The smallest absolute Gasteiger partial charge is 0.323 e. The number of rotatable bonds is 4. The molecule has 1 aromatic carbocycles. The van der Waals surface area contributed by atoms with Gasteiger partial charge in [0.15, 0.2) is 0 Å². The molecule has 2 N–H and O–H groups in total. The predicted octanol–water partition coefficient (Wildman–Crippen LogP) is 2.59. The molecule has 98 valence electrons. The highest BCUT2D eigenvalue weighted by atomic mass is 35.5. The van der Waals surface area contributed by atoms with Crippen molar-refractivity contribution in [2.24, 2.45) is 0 Å². The number of benzene rings is 1. The molecule has 0 spiro atoms. The van der Waals surface area contributed by atoms with Gasteiger partial charge in [-0.2, -0.15) is 0 Å². The van der Waals surface area contributed by atoms with Gasteiger partial charge in [-0.15, -0.1) is 0 Å². The largest absolute Gasteiger partial charge is 0.480 e. The molecule has 1 aromatic rings. The van der Waals surface area contributed by atoms with E-state index >= 15 is 0 Å². The van der Waals surface area contributed by atoms with Crippen LogP contribution < -0.4 is 5.32 Å². The standard InChI is InChI=1S/C12H15ClN2O3/c1-3-15(7-11(16)17)12(18)14-9-5-4-8(2)10(13)6-9/h4-6H,3,7H2,1-2H3,(H,14,18)(H,16,17).